The van der Waals surface area contributed by atoms with Crippen LogP contribution in [0.5, 0.6) is 17.2 Å². The molecule has 0 amide bonds. The standard InChI is InChI=1S/C31H48N3O6/c1-34(2,3)16-8-6-4-5-7-9-17-38-29-13-10-27(11-14-29)32-33-28-12-15-30-31(26-28)40-25-23-37-21-19-35-18-20-36-22-24-39-30/h10-15,26H,4-9,16-25H2,1-3H3/q+1. The summed E-state index contributed by atoms with van der Waals surface area (Å²) in [5, 5.41) is 8.77. The molecule has 9 heteroatoms. The third-order valence-electron chi connectivity index (χ3n) is 6.25. The summed E-state index contributed by atoms with van der Waals surface area (Å²) < 4.78 is 35.2. The van der Waals surface area contributed by atoms with Crippen molar-refractivity contribution in [3.63, 3.8) is 0 Å². The maximum Gasteiger partial charge on any atom is 0.163 e. The van der Waals surface area contributed by atoms with Gasteiger partial charge in [0.1, 0.15) is 19.0 Å². The Bertz CT molecular complexity index is 978. The number of benzene rings is 2. The van der Waals surface area contributed by atoms with Crippen LogP contribution < -0.4 is 14.2 Å². The monoisotopic (exact) mass is 558 g/mol. The van der Waals surface area contributed by atoms with Crippen molar-refractivity contribution in [2.45, 2.75) is 38.5 Å². The highest BCUT2D eigenvalue weighted by atomic mass is 16.6. The predicted octanol–water partition coefficient (Wildman–Crippen LogP) is 6.35. The number of hydrogen-bond donors (Lipinski definition) is 0. The summed E-state index contributed by atoms with van der Waals surface area (Å²) in [5.74, 6) is 2.08. The summed E-state index contributed by atoms with van der Waals surface area (Å²) in [4.78, 5) is 0. The van der Waals surface area contributed by atoms with Crippen molar-refractivity contribution < 1.29 is 32.9 Å². The molecule has 1 heterocycles. The van der Waals surface area contributed by atoms with Crippen molar-refractivity contribution in [3.05, 3.63) is 42.5 Å². The molecule has 0 atom stereocenters. The molecule has 0 N–H and O–H groups in total. The molecule has 9 nitrogen and oxygen atoms in total. The lowest BCUT2D eigenvalue weighted by molar-refractivity contribution is -0.870. The molecule has 0 saturated carbocycles. The molecule has 2 aromatic rings. The summed E-state index contributed by atoms with van der Waals surface area (Å²) in [6.45, 7) is 5.84. The molecule has 2 aromatic carbocycles. The fraction of sp³-hybridized carbons (Fsp3) is 0.613. The van der Waals surface area contributed by atoms with E-state index in [1.807, 2.05) is 42.5 Å². The lowest BCUT2D eigenvalue weighted by Crippen LogP contribution is -2.35. The van der Waals surface area contributed by atoms with E-state index < -0.39 is 0 Å². The molecule has 0 aromatic heterocycles. The van der Waals surface area contributed by atoms with E-state index >= 15 is 0 Å². The molecule has 0 spiro atoms. The van der Waals surface area contributed by atoms with Crippen LogP contribution in [0.3, 0.4) is 0 Å². The number of unbranched alkanes of at least 4 members (excludes halogenated alkanes) is 5. The first-order chi connectivity index (χ1) is 19.5. The molecule has 3 rings (SSSR count). The van der Waals surface area contributed by atoms with Gasteiger partial charge in [-0.15, -0.1) is 0 Å². The Morgan fingerprint density at radius 1 is 0.600 bits per heavy atom. The summed E-state index contributed by atoms with van der Waals surface area (Å²) >= 11 is 0. The van der Waals surface area contributed by atoms with E-state index in [9.17, 15) is 0 Å². The van der Waals surface area contributed by atoms with Gasteiger partial charge in [0.2, 0.25) is 0 Å². The Kier molecular flexibility index (Phi) is 14.8. The van der Waals surface area contributed by atoms with Gasteiger partial charge in [0.15, 0.2) is 11.5 Å². The second-order valence-electron chi connectivity index (χ2n) is 10.8. The molecule has 0 bridgehead atoms. The van der Waals surface area contributed by atoms with Gasteiger partial charge in [-0.25, -0.2) is 0 Å². The quantitative estimate of drug-likeness (QED) is 0.172. The minimum absolute atomic E-state index is 0.395. The highest BCUT2D eigenvalue weighted by molar-refractivity contribution is 5.52. The third kappa shape index (κ3) is 14.1. The Labute approximate surface area is 240 Å². The smallest absolute Gasteiger partial charge is 0.163 e. The number of ether oxygens (including phenoxy) is 6. The normalized spacial score (nSPS) is 15.9. The zero-order valence-corrected chi connectivity index (χ0v) is 24.6. The third-order valence-corrected chi connectivity index (χ3v) is 6.25. The molecule has 222 valence electrons. The van der Waals surface area contributed by atoms with Crippen LogP contribution in [0, 0.1) is 0 Å². The molecule has 0 fully saturated rings. The van der Waals surface area contributed by atoms with E-state index in [1.54, 1.807) is 0 Å². The summed E-state index contributed by atoms with van der Waals surface area (Å²) in [6.07, 6.45) is 7.50. The summed E-state index contributed by atoms with van der Waals surface area (Å²) in [6, 6.07) is 13.2. The Hall–Kier alpha value is -2.72. The van der Waals surface area contributed by atoms with Gasteiger partial charge in [-0.3, -0.25) is 0 Å². The van der Waals surface area contributed by atoms with Crippen molar-refractivity contribution in [3.8, 4) is 17.2 Å². The van der Waals surface area contributed by atoms with Gasteiger partial charge in [0, 0.05) is 6.07 Å². The first kappa shape index (κ1) is 31.8. The molecule has 0 aliphatic carbocycles. The molecule has 0 radical (unpaired) electrons. The van der Waals surface area contributed by atoms with Crippen molar-refractivity contribution in [2.75, 3.05) is 87.1 Å². The van der Waals surface area contributed by atoms with Crippen LogP contribution in [-0.4, -0.2) is 91.6 Å². The van der Waals surface area contributed by atoms with Crippen LogP contribution in [-0.2, 0) is 14.2 Å². The van der Waals surface area contributed by atoms with E-state index in [2.05, 4.69) is 31.4 Å². The number of azo groups is 1. The molecule has 1 aliphatic heterocycles. The lowest BCUT2D eigenvalue weighted by atomic mass is 10.1. The van der Waals surface area contributed by atoms with E-state index in [0.717, 1.165) is 28.9 Å². The second kappa shape index (κ2) is 18.6. The van der Waals surface area contributed by atoms with Crippen molar-refractivity contribution in [1.29, 1.82) is 0 Å². The van der Waals surface area contributed by atoms with Gasteiger partial charge in [0.05, 0.1) is 85.3 Å². The Balaban J connectivity index is 1.41. The predicted molar refractivity (Wildman–Crippen MR) is 157 cm³/mol. The zero-order valence-electron chi connectivity index (χ0n) is 24.6. The maximum atomic E-state index is 5.91. The van der Waals surface area contributed by atoms with Gasteiger partial charge >= 0.3 is 0 Å². The van der Waals surface area contributed by atoms with E-state index in [-0.39, 0.29) is 0 Å². The van der Waals surface area contributed by atoms with Crippen LogP contribution in [0.15, 0.2) is 52.7 Å². The van der Waals surface area contributed by atoms with Gasteiger partial charge in [-0.05, 0) is 55.7 Å². The fourth-order valence-corrected chi connectivity index (χ4v) is 4.06. The molecular weight excluding hydrogens is 510 g/mol. The van der Waals surface area contributed by atoms with Crippen LogP contribution in [0.25, 0.3) is 0 Å². The van der Waals surface area contributed by atoms with E-state index in [0.29, 0.717) is 70.0 Å². The van der Waals surface area contributed by atoms with E-state index in [4.69, 9.17) is 28.4 Å². The summed E-state index contributed by atoms with van der Waals surface area (Å²) in [7, 11) is 6.76. The van der Waals surface area contributed by atoms with Crippen LogP contribution >= 0.6 is 0 Å². The first-order valence-corrected chi connectivity index (χ1v) is 14.6. The van der Waals surface area contributed by atoms with Crippen molar-refractivity contribution in [1.82, 2.24) is 0 Å². The minimum atomic E-state index is 0.395. The lowest BCUT2D eigenvalue weighted by Gasteiger charge is -2.23. The van der Waals surface area contributed by atoms with Gasteiger partial charge in [-0.1, -0.05) is 19.3 Å². The number of quaternary nitrogens is 1. The van der Waals surface area contributed by atoms with Crippen molar-refractivity contribution >= 4 is 11.4 Å². The van der Waals surface area contributed by atoms with Gasteiger partial charge < -0.3 is 32.9 Å². The number of nitrogens with zero attached hydrogens (tertiary/aromatic N) is 3. The molecule has 0 saturated heterocycles. The number of hydrogen-bond acceptors (Lipinski definition) is 8. The second-order valence-corrected chi connectivity index (χ2v) is 10.8. The SMILES string of the molecule is C[N+](C)(C)CCCCCCCCOc1ccc(N=Nc2ccc3c(c2)OCCOCCOCCOCCO3)cc1. The van der Waals surface area contributed by atoms with Crippen LogP contribution in [0.1, 0.15) is 38.5 Å². The Morgan fingerprint density at radius 2 is 1.12 bits per heavy atom. The van der Waals surface area contributed by atoms with E-state index in [1.165, 1.54) is 38.6 Å². The minimum Gasteiger partial charge on any atom is -0.494 e. The summed E-state index contributed by atoms with van der Waals surface area (Å²) in [5.41, 5.74) is 1.42. The molecule has 0 unspecified atom stereocenters. The number of fused-ring (bicyclic) bond motifs is 1. The van der Waals surface area contributed by atoms with Gasteiger partial charge in [-0.2, -0.15) is 10.2 Å². The zero-order chi connectivity index (χ0) is 28.3. The van der Waals surface area contributed by atoms with Crippen LogP contribution in [0.4, 0.5) is 11.4 Å². The topological polar surface area (TPSA) is 80.1 Å². The van der Waals surface area contributed by atoms with Gasteiger partial charge in [0.25, 0.3) is 0 Å². The largest absolute Gasteiger partial charge is 0.494 e. The first-order valence-electron chi connectivity index (χ1n) is 14.6. The fourth-order valence-electron chi connectivity index (χ4n) is 4.06. The molecule has 40 heavy (non-hydrogen) atoms. The molecular formula is C31H48N3O6+. The molecule has 1 aliphatic rings. The van der Waals surface area contributed by atoms with Crippen molar-refractivity contribution in [2.24, 2.45) is 10.2 Å². The maximum absolute atomic E-state index is 5.91. The average Bonchev–Trinajstić information content (AvgIpc) is 2.95. The highest BCUT2D eigenvalue weighted by Gasteiger charge is 2.09. The highest BCUT2D eigenvalue weighted by Crippen LogP contribution is 2.33. The average molecular weight is 559 g/mol. The van der Waals surface area contributed by atoms with Crippen LogP contribution in [0.2, 0.25) is 0 Å². The number of rotatable bonds is 12. The Morgan fingerprint density at radius 3 is 1.77 bits per heavy atom.